The minimum atomic E-state index is -0.442. The third-order valence-corrected chi connectivity index (χ3v) is 2.06. The molecule has 0 N–H and O–H groups in total. The van der Waals surface area contributed by atoms with Crippen molar-refractivity contribution in [3.8, 4) is 11.3 Å². The van der Waals surface area contributed by atoms with Crippen LogP contribution in [0.5, 0.6) is 0 Å². The normalized spacial score (nSPS) is 10.1. The molecule has 0 bridgehead atoms. The monoisotopic (exact) mass is 186 g/mol. The molecule has 2 aromatic rings. The lowest BCUT2D eigenvalue weighted by Crippen LogP contribution is -1.86. The molecule has 1 aromatic heterocycles. The Bertz CT molecular complexity index is 434. The fourth-order valence-electron chi connectivity index (χ4n) is 1.29. The molecule has 1 heterocycles. The molecular weight excluding hydrogens is 176 g/mol. The van der Waals surface area contributed by atoms with Gasteiger partial charge in [-0.3, -0.25) is 0 Å². The Balaban J connectivity index is 2.44. The molecule has 2 heteroatoms. The zero-order valence-corrected chi connectivity index (χ0v) is 7.87. The summed E-state index contributed by atoms with van der Waals surface area (Å²) < 4.78 is 12.8. The van der Waals surface area contributed by atoms with E-state index >= 15 is 0 Å². The van der Waals surface area contributed by atoms with Crippen molar-refractivity contribution in [3.63, 3.8) is 0 Å². The summed E-state index contributed by atoms with van der Waals surface area (Å²) in [6.45, 7) is 2.02. The highest BCUT2D eigenvalue weighted by molar-refractivity contribution is 5.58. The van der Waals surface area contributed by atoms with Crippen molar-refractivity contribution in [3.05, 3.63) is 54.0 Å². The highest BCUT2D eigenvalue weighted by Crippen LogP contribution is 2.17. The number of hydrogen-bond acceptors (Lipinski definition) is 1. The van der Waals surface area contributed by atoms with Gasteiger partial charge in [0.05, 0.1) is 5.69 Å². The predicted octanol–water partition coefficient (Wildman–Crippen LogP) is 3.20. The molecule has 0 spiro atoms. The topological polar surface area (TPSA) is 12.9 Å². The first-order valence-corrected chi connectivity index (χ1v) is 4.45. The van der Waals surface area contributed by atoms with E-state index in [9.17, 15) is 4.39 Å². The molecule has 2 rings (SSSR count). The average Bonchev–Trinajstić information content (AvgIpc) is 2.19. The number of nitrogens with zero attached hydrogens (tertiary/aromatic N) is 1. The summed E-state index contributed by atoms with van der Waals surface area (Å²) >= 11 is 0. The maximum absolute atomic E-state index is 12.8. The van der Waals surface area contributed by atoms with Gasteiger partial charge in [0.1, 0.15) is 0 Å². The Labute approximate surface area is 82.2 Å². The summed E-state index contributed by atoms with van der Waals surface area (Å²) in [5.74, 6) is -0.442. The van der Waals surface area contributed by atoms with Crippen molar-refractivity contribution in [2.24, 2.45) is 0 Å². The van der Waals surface area contributed by atoms with Crippen LogP contribution in [0.4, 0.5) is 4.39 Å². The second kappa shape index (κ2) is 3.58. The van der Waals surface area contributed by atoms with E-state index in [1.807, 2.05) is 31.2 Å². The second-order valence-electron chi connectivity index (χ2n) is 3.21. The first kappa shape index (κ1) is 8.88. The van der Waals surface area contributed by atoms with Gasteiger partial charge in [-0.15, -0.1) is 0 Å². The van der Waals surface area contributed by atoms with Crippen molar-refractivity contribution in [1.29, 1.82) is 0 Å². The zero-order chi connectivity index (χ0) is 9.97. The van der Waals surface area contributed by atoms with Crippen LogP contribution >= 0.6 is 0 Å². The third-order valence-electron chi connectivity index (χ3n) is 2.06. The highest BCUT2D eigenvalue weighted by Gasteiger charge is 1.99. The number of halogens is 1. The Hall–Kier alpha value is -1.70. The SMILES string of the molecule is Cc1ccc(-c2cccc([18F])n2)cc1. The van der Waals surface area contributed by atoms with Crippen molar-refractivity contribution in [1.82, 2.24) is 4.98 Å². The summed E-state index contributed by atoms with van der Waals surface area (Å²) in [7, 11) is 0. The minimum Gasteiger partial charge on any atom is -0.220 e. The van der Waals surface area contributed by atoms with Crippen LogP contribution in [-0.4, -0.2) is 4.98 Å². The van der Waals surface area contributed by atoms with E-state index in [2.05, 4.69) is 4.98 Å². The van der Waals surface area contributed by atoms with Gasteiger partial charge in [-0.1, -0.05) is 35.9 Å². The van der Waals surface area contributed by atoms with Crippen LogP contribution < -0.4 is 0 Å². The Morgan fingerprint density at radius 2 is 1.71 bits per heavy atom. The number of hydrogen-bond donors (Lipinski definition) is 0. The lowest BCUT2D eigenvalue weighted by atomic mass is 10.1. The van der Waals surface area contributed by atoms with Crippen molar-refractivity contribution >= 4 is 0 Å². The van der Waals surface area contributed by atoms with Crippen molar-refractivity contribution in [2.45, 2.75) is 6.92 Å². The van der Waals surface area contributed by atoms with Crippen LogP contribution in [0.25, 0.3) is 11.3 Å². The molecule has 0 radical (unpaired) electrons. The van der Waals surface area contributed by atoms with Gasteiger partial charge in [0, 0.05) is 5.56 Å². The minimum absolute atomic E-state index is 0.442. The average molecular weight is 186 g/mol. The summed E-state index contributed by atoms with van der Waals surface area (Å²) in [6.07, 6.45) is 0. The molecule has 1 nitrogen and oxygen atoms in total. The summed E-state index contributed by atoms with van der Waals surface area (Å²) in [5, 5.41) is 0. The van der Waals surface area contributed by atoms with Gasteiger partial charge in [0.2, 0.25) is 5.95 Å². The smallest absolute Gasteiger partial charge is 0.213 e. The van der Waals surface area contributed by atoms with Crippen LogP contribution in [0, 0.1) is 12.9 Å². The fourth-order valence-corrected chi connectivity index (χ4v) is 1.29. The van der Waals surface area contributed by atoms with Crippen LogP contribution in [0.3, 0.4) is 0 Å². The quantitative estimate of drug-likeness (QED) is 0.623. The number of pyridine rings is 1. The largest absolute Gasteiger partial charge is 0.220 e. The van der Waals surface area contributed by atoms with Crippen molar-refractivity contribution < 1.29 is 4.39 Å². The van der Waals surface area contributed by atoms with Gasteiger partial charge in [0.25, 0.3) is 0 Å². The van der Waals surface area contributed by atoms with E-state index in [0.29, 0.717) is 5.69 Å². The van der Waals surface area contributed by atoms with E-state index in [1.54, 1.807) is 12.1 Å². The van der Waals surface area contributed by atoms with E-state index < -0.39 is 5.95 Å². The molecule has 70 valence electrons. The second-order valence-corrected chi connectivity index (χ2v) is 3.21. The maximum Gasteiger partial charge on any atom is 0.213 e. The van der Waals surface area contributed by atoms with Crippen LogP contribution in [0.2, 0.25) is 0 Å². The van der Waals surface area contributed by atoms with Gasteiger partial charge < -0.3 is 0 Å². The molecule has 14 heavy (non-hydrogen) atoms. The van der Waals surface area contributed by atoms with Crippen LogP contribution in [-0.2, 0) is 0 Å². The zero-order valence-electron chi connectivity index (χ0n) is 7.87. The molecular formula is C12H10FN. The summed E-state index contributed by atoms with van der Waals surface area (Å²) in [4.78, 5) is 3.81. The predicted molar refractivity (Wildman–Crippen MR) is 54.4 cm³/mol. The lowest BCUT2D eigenvalue weighted by Gasteiger charge is -2.00. The van der Waals surface area contributed by atoms with Gasteiger partial charge in [-0.25, -0.2) is 4.98 Å². The first-order valence-electron chi connectivity index (χ1n) is 4.45. The number of benzene rings is 1. The van der Waals surface area contributed by atoms with Gasteiger partial charge in [-0.05, 0) is 19.1 Å². The molecule has 0 amide bonds. The first-order chi connectivity index (χ1) is 6.75. The van der Waals surface area contributed by atoms with E-state index in [-0.39, 0.29) is 0 Å². The molecule has 0 atom stereocenters. The number of aryl methyl sites for hydroxylation is 1. The molecule has 0 aliphatic heterocycles. The molecule has 0 aliphatic rings. The van der Waals surface area contributed by atoms with E-state index in [4.69, 9.17) is 0 Å². The maximum atomic E-state index is 12.8. The standard InChI is InChI=1S/C12H10FN/c1-9-5-7-10(8-6-9)11-3-2-4-12(13)14-11/h2-8H,1H3/i13-1. The van der Waals surface area contributed by atoms with Gasteiger partial charge in [0.15, 0.2) is 0 Å². The van der Waals surface area contributed by atoms with Gasteiger partial charge in [-0.2, -0.15) is 4.39 Å². The molecule has 0 saturated heterocycles. The third kappa shape index (κ3) is 1.79. The molecule has 0 saturated carbocycles. The molecule has 1 aromatic carbocycles. The van der Waals surface area contributed by atoms with Crippen LogP contribution in [0.15, 0.2) is 42.5 Å². The Morgan fingerprint density at radius 1 is 1.00 bits per heavy atom. The van der Waals surface area contributed by atoms with Gasteiger partial charge >= 0.3 is 0 Å². The van der Waals surface area contributed by atoms with Crippen molar-refractivity contribution in [2.75, 3.05) is 0 Å². The molecule has 0 fully saturated rings. The lowest BCUT2D eigenvalue weighted by molar-refractivity contribution is 0.585. The van der Waals surface area contributed by atoms with Crippen LogP contribution in [0.1, 0.15) is 5.56 Å². The summed E-state index contributed by atoms with van der Waals surface area (Å²) in [6, 6.07) is 12.7. The Morgan fingerprint density at radius 3 is 2.36 bits per heavy atom. The molecule has 0 aliphatic carbocycles. The van der Waals surface area contributed by atoms with E-state index in [0.717, 1.165) is 5.56 Å². The molecule has 0 unspecified atom stereocenters. The number of aromatic nitrogens is 1. The summed E-state index contributed by atoms with van der Waals surface area (Å²) in [5.41, 5.74) is 2.80. The van der Waals surface area contributed by atoms with E-state index in [1.165, 1.54) is 11.6 Å². The fraction of sp³-hybridized carbons (Fsp3) is 0.0833. The highest BCUT2D eigenvalue weighted by atomic mass is 18.2. The Kier molecular flexibility index (Phi) is 2.27. The number of rotatable bonds is 1.